The Morgan fingerprint density at radius 3 is 2.81 bits per heavy atom. The molecule has 0 spiro atoms. The predicted octanol–water partition coefficient (Wildman–Crippen LogP) is 5.64. The zero-order valence-electron chi connectivity index (χ0n) is 13.4. The fraction of sp³-hybridized carbons (Fsp3) is 0.0526. The van der Waals surface area contributed by atoms with Gasteiger partial charge in [0.05, 0.1) is 28.6 Å². The van der Waals surface area contributed by atoms with Crippen molar-refractivity contribution >= 4 is 48.5 Å². The number of anilines is 1. The summed E-state index contributed by atoms with van der Waals surface area (Å²) < 4.78 is 20.3. The first kappa shape index (κ1) is 16.9. The summed E-state index contributed by atoms with van der Waals surface area (Å²) in [4.78, 5) is 19.2. The number of fused-ring (bicyclic) bond motifs is 1. The minimum Gasteiger partial charge on any atom is -0.467 e. The number of benzene rings is 2. The fourth-order valence-electron chi connectivity index (χ4n) is 2.57. The third-order valence-corrected chi connectivity index (χ3v) is 5.55. The van der Waals surface area contributed by atoms with E-state index in [0.717, 1.165) is 0 Å². The largest absolute Gasteiger partial charge is 0.467 e. The van der Waals surface area contributed by atoms with Crippen LogP contribution in [0, 0.1) is 5.82 Å². The normalized spacial score (nSPS) is 11.0. The lowest BCUT2D eigenvalue weighted by atomic mass is 10.2. The molecule has 2 aromatic carbocycles. The van der Waals surface area contributed by atoms with Crippen LogP contribution in [0.4, 0.5) is 9.52 Å². The molecular formula is C19H12BrFN2O2S. The van der Waals surface area contributed by atoms with Crippen LogP contribution in [0.5, 0.6) is 0 Å². The number of hydrogen-bond donors (Lipinski definition) is 0. The summed E-state index contributed by atoms with van der Waals surface area (Å²) >= 11 is 4.69. The molecule has 0 bridgehead atoms. The number of aromatic nitrogens is 1. The van der Waals surface area contributed by atoms with Crippen LogP contribution in [0.1, 0.15) is 16.1 Å². The summed E-state index contributed by atoms with van der Waals surface area (Å²) in [5, 5.41) is 0.489. The van der Waals surface area contributed by atoms with Gasteiger partial charge in [0.1, 0.15) is 11.6 Å². The minimum atomic E-state index is -0.331. The molecule has 0 saturated heterocycles. The van der Waals surface area contributed by atoms with Crippen molar-refractivity contribution in [3.8, 4) is 0 Å². The summed E-state index contributed by atoms with van der Waals surface area (Å²) in [6, 6.07) is 15.2. The second-order valence-corrected chi connectivity index (χ2v) is 7.42. The number of rotatable bonds is 4. The standard InChI is InChI=1S/C19H12BrFN2O2S/c20-15-6-2-1-5-14(15)18(24)23(11-13-4-3-9-25-13)19-22-16-8-7-12(21)10-17(16)26-19/h1-10H,11H2. The smallest absolute Gasteiger partial charge is 0.261 e. The molecule has 4 rings (SSSR count). The highest BCUT2D eigenvalue weighted by Gasteiger charge is 2.24. The van der Waals surface area contributed by atoms with Crippen LogP contribution in [-0.2, 0) is 6.54 Å². The molecule has 0 aliphatic carbocycles. The molecular weight excluding hydrogens is 419 g/mol. The fourth-order valence-corrected chi connectivity index (χ4v) is 4.01. The van der Waals surface area contributed by atoms with E-state index >= 15 is 0 Å². The van der Waals surface area contributed by atoms with E-state index < -0.39 is 0 Å². The molecule has 0 aliphatic heterocycles. The SMILES string of the molecule is O=C(c1ccccc1Br)N(Cc1ccco1)c1nc2ccc(F)cc2s1. The van der Waals surface area contributed by atoms with E-state index in [0.29, 0.717) is 31.1 Å². The molecule has 1 amide bonds. The molecule has 0 atom stereocenters. The van der Waals surface area contributed by atoms with E-state index in [4.69, 9.17) is 4.42 Å². The topological polar surface area (TPSA) is 46.3 Å². The molecule has 0 radical (unpaired) electrons. The lowest BCUT2D eigenvalue weighted by Gasteiger charge is -2.19. The molecule has 0 unspecified atom stereocenters. The summed E-state index contributed by atoms with van der Waals surface area (Å²) in [7, 11) is 0. The van der Waals surface area contributed by atoms with Gasteiger partial charge in [0.2, 0.25) is 0 Å². The first-order chi connectivity index (χ1) is 12.6. The Morgan fingerprint density at radius 1 is 1.19 bits per heavy atom. The second-order valence-electron chi connectivity index (χ2n) is 5.56. The first-order valence-corrected chi connectivity index (χ1v) is 9.37. The molecule has 4 aromatic rings. The highest BCUT2D eigenvalue weighted by Crippen LogP contribution is 2.32. The van der Waals surface area contributed by atoms with Crippen molar-refractivity contribution in [1.29, 1.82) is 0 Å². The van der Waals surface area contributed by atoms with Crippen LogP contribution in [0.25, 0.3) is 10.2 Å². The Balaban J connectivity index is 1.79. The first-order valence-electron chi connectivity index (χ1n) is 7.77. The number of carbonyl (C=O) groups excluding carboxylic acids is 1. The number of hydrogen-bond acceptors (Lipinski definition) is 4. The maximum atomic E-state index is 13.5. The molecule has 0 fully saturated rings. The van der Waals surface area contributed by atoms with Gasteiger partial charge < -0.3 is 4.42 Å². The van der Waals surface area contributed by atoms with Gasteiger partial charge in [-0.2, -0.15) is 0 Å². The monoisotopic (exact) mass is 430 g/mol. The molecule has 26 heavy (non-hydrogen) atoms. The van der Waals surface area contributed by atoms with Crippen molar-refractivity contribution in [2.45, 2.75) is 6.54 Å². The molecule has 2 aromatic heterocycles. The van der Waals surface area contributed by atoms with Gasteiger partial charge in [0.15, 0.2) is 5.13 Å². The lowest BCUT2D eigenvalue weighted by Crippen LogP contribution is -2.30. The van der Waals surface area contributed by atoms with Crippen molar-refractivity contribution in [3.05, 3.63) is 82.5 Å². The Morgan fingerprint density at radius 2 is 2.04 bits per heavy atom. The Hall–Kier alpha value is -2.51. The van der Waals surface area contributed by atoms with E-state index in [1.165, 1.54) is 23.5 Å². The van der Waals surface area contributed by atoms with Crippen LogP contribution < -0.4 is 4.90 Å². The van der Waals surface area contributed by atoms with Gasteiger partial charge in [-0.25, -0.2) is 9.37 Å². The highest BCUT2D eigenvalue weighted by atomic mass is 79.9. The average molecular weight is 431 g/mol. The van der Waals surface area contributed by atoms with E-state index in [1.807, 2.05) is 12.1 Å². The maximum absolute atomic E-state index is 13.5. The quantitative estimate of drug-likeness (QED) is 0.420. The third kappa shape index (κ3) is 3.27. The lowest BCUT2D eigenvalue weighted by molar-refractivity contribution is 0.0982. The van der Waals surface area contributed by atoms with Crippen molar-refractivity contribution in [2.24, 2.45) is 0 Å². The Labute approximate surface area is 161 Å². The van der Waals surface area contributed by atoms with Crippen LogP contribution in [0.2, 0.25) is 0 Å². The molecule has 2 heterocycles. The number of nitrogens with zero attached hydrogens (tertiary/aromatic N) is 2. The predicted molar refractivity (Wildman–Crippen MR) is 103 cm³/mol. The van der Waals surface area contributed by atoms with Crippen LogP contribution in [0.15, 0.2) is 69.8 Å². The van der Waals surface area contributed by atoms with Crippen molar-refractivity contribution in [3.63, 3.8) is 0 Å². The summed E-state index contributed by atoms with van der Waals surface area (Å²) in [5.74, 6) is 0.0895. The van der Waals surface area contributed by atoms with Gasteiger partial charge in [-0.3, -0.25) is 9.69 Å². The zero-order valence-corrected chi connectivity index (χ0v) is 15.8. The van der Waals surface area contributed by atoms with Gasteiger partial charge >= 0.3 is 0 Å². The van der Waals surface area contributed by atoms with E-state index in [2.05, 4.69) is 20.9 Å². The van der Waals surface area contributed by atoms with Crippen molar-refractivity contribution in [1.82, 2.24) is 4.98 Å². The Bertz CT molecular complexity index is 1080. The molecule has 0 aliphatic rings. The van der Waals surface area contributed by atoms with Crippen LogP contribution >= 0.6 is 27.3 Å². The molecule has 7 heteroatoms. The maximum Gasteiger partial charge on any atom is 0.261 e. The summed E-state index contributed by atoms with van der Waals surface area (Å²) in [6.45, 7) is 0.232. The Kier molecular flexibility index (Phi) is 4.57. The van der Waals surface area contributed by atoms with Crippen LogP contribution in [-0.4, -0.2) is 10.9 Å². The van der Waals surface area contributed by atoms with E-state index in [-0.39, 0.29) is 18.3 Å². The van der Waals surface area contributed by atoms with Gasteiger partial charge in [-0.05, 0) is 58.4 Å². The average Bonchev–Trinajstić information content (AvgIpc) is 3.28. The number of thiazole rings is 1. The zero-order chi connectivity index (χ0) is 18.1. The van der Waals surface area contributed by atoms with Crippen molar-refractivity contribution < 1.29 is 13.6 Å². The van der Waals surface area contributed by atoms with E-state index in [1.54, 1.807) is 41.5 Å². The third-order valence-electron chi connectivity index (χ3n) is 3.81. The molecule has 0 saturated carbocycles. The van der Waals surface area contributed by atoms with Crippen LogP contribution in [0.3, 0.4) is 0 Å². The summed E-state index contributed by atoms with van der Waals surface area (Å²) in [5.41, 5.74) is 1.17. The highest BCUT2D eigenvalue weighted by molar-refractivity contribution is 9.10. The minimum absolute atomic E-state index is 0.214. The second kappa shape index (κ2) is 7.01. The number of halogens is 2. The number of amides is 1. The van der Waals surface area contributed by atoms with E-state index in [9.17, 15) is 9.18 Å². The number of carbonyl (C=O) groups is 1. The van der Waals surface area contributed by atoms with Gasteiger partial charge in [0, 0.05) is 4.47 Å². The number of furan rings is 1. The van der Waals surface area contributed by atoms with Crippen molar-refractivity contribution in [2.75, 3.05) is 4.90 Å². The van der Waals surface area contributed by atoms with Gasteiger partial charge in [-0.1, -0.05) is 23.5 Å². The molecule has 4 nitrogen and oxygen atoms in total. The van der Waals surface area contributed by atoms with Gasteiger partial charge in [0.25, 0.3) is 5.91 Å². The molecule has 130 valence electrons. The molecule has 0 N–H and O–H groups in total. The summed E-state index contributed by atoms with van der Waals surface area (Å²) in [6.07, 6.45) is 1.56. The van der Waals surface area contributed by atoms with Gasteiger partial charge in [-0.15, -0.1) is 0 Å².